The van der Waals surface area contributed by atoms with E-state index in [1.165, 1.54) is 23.9 Å². The van der Waals surface area contributed by atoms with Crippen LogP contribution in [-0.4, -0.2) is 21.0 Å². The van der Waals surface area contributed by atoms with Crippen LogP contribution in [0.15, 0.2) is 90.1 Å². The number of anilines is 1. The number of amides is 1. The van der Waals surface area contributed by atoms with Crippen LogP contribution in [0, 0.1) is 5.82 Å². The van der Waals surface area contributed by atoms with Crippen LogP contribution in [0.25, 0.3) is 5.65 Å². The molecular weight excluding hydrogens is 373 g/mol. The molecule has 6 heteroatoms. The van der Waals surface area contributed by atoms with Crippen molar-refractivity contribution in [3.63, 3.8) is 0 Å². The molecule has 2 aromatic heterocycles. The van der Waals surface area contributed by atoms with Gasteiger partial charge in [-0.25, -0.2) is 9.37 Å². The molecule has 0 radical (unpaired) electrons. The lowest BCUT2D eigenvalue weighted by atomic mass is 10.2. The number of aromatic nitrogens is 2. The first-order chi connectivity index (χ1) is 13.7. The van der Waals surface area contributed by atoms with Gasteiger partial charge >= 0.3 is 0 Å². The molecule has 0 saturated carbocycles. The number of nitrogens with zero attached hydrogens (tertiary/aromatic N) is 3. The van der Waals surface area contributed by atoms with Gasteiger partial charge in [-0.3, -0.25) is 4.79 Å². The molecule has 4 nitrogen and oxygen atoms in total. The lowest BCUT2D eigenvalue weighted by Gasteiger charge is -2.22. The molecule has 140 valence electrons. The molecule has 0 aliphatic carbocycles. The first-order valence-electron chi connectivity index (χ1n) is 8.85. The van der Waals surface area contributed by atoms with Crippen molar-refractivity contribution in [3.8, 4) is 0 Å². The Morgan fingerprint density at radius 3 is 2.54 bits per heavy atom. The van der Waals surface area contributed by atoms with E-state index >= 15 is 0 Å². The van der Waals surface area contributed by atoms with Crippen LogP contribution in [0.1, 0.15) is 5.69 Å². The lowest BCUT2D eigenvalue weighted by molar-refractivity contribution is -0.116. The van der Waals surface area contributed by atoms with Crippen LogP contribution in [-0.2, 0) is 11.3 Å². The minimum absolute atomic E-state index is 0.0218. The quantitative estimate of drug-likeness (QED) is 0.443. The van der Waals surface area contributed by atoms with E-state index in [0.29, 0.717) is 6.54 Å². The third kappa shape index (κ3) is 4.07. The second-order valence-corrected chi connectivity index (χ2v) is 7.29. The predicted octanol–water partition coefficient (Wildman–Crippen LogP) is 4.80. The van der Waals surface area contributed by atoms with Crippen molar-refractivity contribution < 1.29 is 9.18 Å². The summed E-state index contributed by atoms with van der Waals surface area (Å²) in [5.41, 5.74) is 2.61. The van der Waals surface area contributed by atoms with Crippen LogP contribution in [0.5, 0.6) is 0 Å². The van der Waals surface area contributed by atoms with Crippen molar-refractivity contribution in [2.45, 2.75) is 11.4 Å². The zero-order chi connectivity index (χ0) is 19.3. The molecule has 28 heavy (non-hydrogen) atoms. The minimum Gasteiger partial charge on any atom is -0.306 e. The number of halogens is 1. The third-order valence-corrected chi connectivity index (χ3v) is 5.36. The summed E-state index contributed by atoms with van der Waals surface area (Å²) in [7, 11) is 0. The maximum Gasteiger partial charge on any atom is 0.237 e. The number of pyridine rings is 1. The van der Waals surface area contributed by atoms with Crippen LogP contribution >= 0.6 is 11.8 Å². The summed E-state index contributed by atoms with van der Waals surface area (Å²) < 4.78 is 15.1. The Morgan fingerprint density at radius 1 is 1.00 bits per heavy atom. The van der Waals surface area contributed by atoms with Gasteiger partial charge in [-0.05, 0) is 48.5 Å². The summed E-state index contributed by atoms with van der Waals surface area (Å²) in [6.07, 6.45) is 3.74. The number of carbonyl (C=O) groups excluding carboxylic acids is 1. The predicted molar refractivity (Wildman–Crippen MR) is 110 cm³/mol. The zero-order valence-corrected chi connectivity index (χ0v) is 15.8. The second kappa shape index (κ2) is 8.27. The van der Waals surface area contributed by atoms with Gasteiger partial charge in [-0.15, -0.1) is 11.8 Å². The molecule has 0 bridgehead atoms. The highest BCUT2D eigenvalue weighted by Crippen LogP contribution is 2.23. The van der Waals surface area contributed by atoms with Gasteiger partial charge in [-0.1, -0.05) is 24.3 Å². The largest absolute Gasteiger partial charge is 0.306 e. The Hall–Kier alpha value is -3.12. The van der Waals surface area contributed by atoms with Gasteiger partial charge in [0.15, 0.2) is 0 Å². The van der Waals surface area contributed by atoms with E-state index in [-0.39, 0.29) is 17.5 Å². The number of hydrogen-bond acceptors (Lipinski definition) is 3. The monoisotopic (exact) mass is 391 g/mol. The molecule has 0 N–H and O–H groups in total. The van der Waals surface area contributed by atoms with Crippen LogP contribution in [0.2, 0.25) is 0 Å². The number of imidazole rings is 1. The highest BCUT2D eigenvalue weighted by Gasteiger charge is 2.18. The summed E-state index contributed by atoms with van der Waals surface area (Å²) in [4.78, 5) is 20.1. The minimum atomic E-state index is -0.283. The highest BCUT2D eigenvalue weighted by molar-refractivity contribution is 8.00. The van der Waals surface area contributed by atoms with E-state index in [1.807, 2.05) is 59.1 Å². The molecule has 0 fully saturated rings. The third-order valence-electron chi connectivity index (χ3n) is 4.36. The first kappa shape index (κ1) is 18.3. The number of benzene rings is 2. The van der Waals surface area contributed by atoms with E-state index in [2.05, 4.69) is 4.98 Å². The number of hydrogen-bond donors (Lipinski definition) is 0. The number of thioether (sulfide) groups is 1. The van der Waals surface area contributed by atoms with Crippen molar-refractivity contribution in [2.75, 3.05) is 10.7 Å². The second-order valence-electron chi connectivity index (χ2n) is 6.24. The van der Waals surface area contributed by atoms with Crippen molar-refractivity contribution in [3.05, 3.63) is 96.7 Å². The number of fused-ring (bicyclic) bond motifs is 1. The maximum atomic E-state index is 13.1. The molecule has 0 unspecified atom stereocenters. The normalized spacial score (nSPS) is 10.9. The van der Waals surface area contributed by atoms with E-state index in [9.17, 15) is 9.18 Å². The average molecular weight is 391 g/mol. The molecule has 2 aromatic carbocycles. The van der Waals surface area contributed by atoms with Gasteiger partial charge in [0.2, 0.25) is 5.91 Å². The van der Waals surface area contributed by atoms with E-state index in [4.69, 9.17) is 0 Å². The molecule has 0 spiro atoms. The molecule has 1 amide bonds. The summed E-state index contributed by atoms with van der Waals surface area (Å²) in [6.45, 7) is 0.415. The smallest absolute Gasteiger partial charge is 0.237 e. The van der Waals surface area contributed by atoms with Gasteiger partial charge in [0.05, 0.1) is 24.2 Å². The van der Waals surface area contributed by atoms with E-state index in [0.717, 1.165) is 21.9 Å². The Balaban J connectivity index is 1.56. The topological polar surface area (TPSA) is 37.6 Å². The van der Waals surface area contributed by atoms with Crippen LogP contribution in [0.4, 0.5) is 10.1 Å². The summed E-state index contributed by atoms with van der Waals surface area (Å²) in [6, 6.07) is 21.6. The molecule has 0 saturated heterocycles. The fourth-order valence-corrected chi connectivity index (χ4v) is 3.72. The molecule has 0 aliphatic rings. The number of carbonyl (C=O) groups is 1. The SMILES string of the molecule is O=C(CSc1ccc(F)cc1)N(Cc1cnc2ccccn12)c1ccccc1. The number of rotatable bonds is 6. The fraction of sp³-hybridized carbons (Fsp3) is 0.0909. The van der Waals surface area contributed by atoms with Gasteiger partial charge in [0.25, 0.3) is 0 Å². The van der Waals surface area contributed by atoms with E-state index in [1.54, 1.807) is 23.2 Å². The molecule has 4 rings (SSSR count). The standard InChI is InChI=1S/C22H18FN3OS/c23-17-9-11-20(12-10-17)28-16-22(27)26(18-6-2-1-3-7-18)15-19-14-24-21-8-4-5-13-25(19)21/h1-14H,15-16H2. The molecule has 2 heterocycles. The fourth-order valence-electron chi connectivity index (χ4n) is 2.95. The van der Waals surface area contributed by atoms with Crippen molar-refractivity contribution in [1.82, 2.24) is 9.38 Å². The Morgan fingerprint density at radius 2 is 1.75 bits per heavy atom. The Kier molecular flexibility index (Phi) is 5.39. The summed E-state index contributed by atoms with van der Waals surface area (Å²) >= 11 is 1.40. The summed E-state index contributed by atoms with van der Waals surface area (Å²) in [5.74, 6) is -0.0438. The molecule has 0 aliphatic heterocycles. The maximum absolute atomic E-state index is 13.1. The Labute approximate surface area is 166 Å². The molecule has 0 atom stereocenters. The van der Waals surface area contributed by atoms with Gasteiger partial charge < -0.3 is 9.30 Å². The van der Waals surface area contributed by atoms with Gasteiger partial charge in [0, 0.05) is 16.8 Å². The molecule has 4 aromatic rings. The first-order valence-corrected chi connectivity index (χ1v) is 9.84. The van der Waals surface area contributed by atoms with Gasteiger partial charge in [-0.2, -0.15) is 0 Å². The van der Waals surface area contributed by atoms with Crippen molar-refractivity contribution >= 4 is 29.0 Å². The van der Waals surface area contributed by atoms with Crippen molar-refractivity contribution in [2.24, 2.45) is 0 Å². The Bertz CT molecular complexity index is 1080. The zero-order valence-electron chi connectivity index (χ0n) is 15.0. The van der Waals surface area contributed by atoms with Gasteiger partial charge in [0.1, 0.15) is 11.5 Å². The average Bonchev–Trinajstić information content (AvgIpc) is 3.15. The van der Waals surface area contributed by atoms with Crippen LogP contribution < -0.4 is 4.90 Å². The van der Waals surface area contributed by atoms with Crippen molar-refractivity contribution in [1.29, 1.82) is 0 Å². The van der Waals surface area contributed by atoms with Crippen LogP contribution in [0.3, 0.4) is 0 Å². The van der Waals surface area contributed by atoms with E-state index < -0.39 is 0 Å². The highest BCUT2D eigenvalue weighted by atomic mass is 32.2. The summed E-state index contributed by atoms with van der Waals surface area (Å²) in [5, 5.41) is 0. The lowest BCUT2D eigenvalue weighted by Crippen LogP contribution is -2.32. The number of para-hydroxylation sites is 1. The molecular formula is C22H18FN3OS.